The number of nitrogens with one attached hydrogen (secondary N) is 1. The molecule has 2 aromatic carbocycles. The molecule has 1 aromatic heterocycles. The zero-order valence-corrected chi connectivity index (χ0v) is 15.8. The predicted molar refractivity (Wildman–Crippen MR) is 108 cm³/mol. The fourth-order valence-corrected chi connectivity index (χ4v) is 3.94. The summed E-state index contributed by atoms with van der Waals surface area (Å²) in [6.07, 6.45) is 5.90. The summed E-state index contributed by atoms with van der Waals surface area (Å²) < 4.78 is 6.17. The molecule has 0 saturated carbocycles. The van der Waals surface area contributed by atoms with Crippen LogP contribution in [-0.4, -0.2) is 22.3 Å². The number of benzene rings is 2. The summed E-state index contributed by atoms with van der Waals surface area (Å²) >= 11 is 0. The van der Waals surface area contributed by atoms with Crippen LogP contribution in [0.3, 0.4) is 0 Å². The molecule has 1 unspecified atom stereocenters. The summed E-state index contributed by atoms with van der Waals surface area (Å²) in [7, 11) is 0. The summed E-state index contributed by atoms with van der Waals surface area (Å²) in [6, 6.07) is 16.3. The first-order valence-electron chi connectivity index (χ1n) is 9.80. The van der Waals surface area contributed by atoms with Gasteiger partial charge in [-0.3, -0.25) is 4.79 Å². The van der Waals surface area contributed by atoms with Crippen molar-refractivity contribution in [3.63, 3.8) is 0 Å². The largest absolute Gasteiger partial charge is 0.488 e. The van der Waals surface area contributed by atoms with Gasteiger partial charge in [0.05, 0.1) is 6.04 Å². The van der Waals surface area contributed by atoms with Crippen LogP contribution in [0.1, 0.15) is 49.8 Å². The van der Waals surface area contributed by atoms with Crippen molar-refractivity contribution in [2.24, 2.45) is 0 Å². The highest BCUT2D eigenvalue weighted by molar-refractivity contribution is 5.90. The van der Waals surface area contributed by atoms with Gasteiger partial charge in [-0.2, -0.15) is 0 Å². The third-order valence-electron chi connectivity index (χ3n) is 5.46. The summed E-state index contributed by atoms with van der Waals surface area (Å²) in [5.74, 6) is 1.12. The minimum atomic E-state index is 0.0332. The Labute approximate surface area is 160 Å². The third kappa shape index (κ3) is 3.70. The summed E-state index contributed by atoms with van der Waals surface area (Å²) in [4.78, 5) is 18.0. The Morgan fingerprint density at radius 3 is 2.78 bits per heavy atom. The van der Waals surface area contributed by atoms with E-state index in [4.69, 9.17) is 4.74 Å². The molecule has 4 heteroatoms. The number of aromatic amines is 1. The second-order valence-corrected chi connectivity index (χ2v) is 7.27. The van der Waals surface area contributed by atoms with Crippen LogP contribution in [0.15, 0.2) is 54.7 Å². The Balaban J connectivity index is 1.64. The molecule has 4 nitrogen and oxygen atoms in total. The maximum Gasteiger partial charge on any atom is 0.223 e. The minimum Gasteiger partial charge on any atom is -0.488 e. The molecule has 27 heavy (non-hydrogen) atoms. The second kappa shape index (κ2) is 7.87. The van der Waals surface area contributed by atoms with Gasteiger partial charge in [-0.15, -0.1) is 0 Å². The Morgan fingerprint density at radius 2 is 1.93 bits per heavy atom. The van der Waals surface area contributed by atoms with Gasteiger partial charge in [0, 0.05) is 35.6 Å². The maximum absolute atomic E-state index is 12.6. The lowest BCUT2D eigenvalue weighted by atomic mass is 10.0. The predicted octanol–water partition coefficient (Wildman–Crippen LogP) is 5.21. The maximum atomic E-state index is 12.6. The summed E-state index contributed by atoms with van der Waals surface area (Å²) in [6.45, 7) is 3.49. The van der Waals surface area contributed by atoms with Gasteiger partial charge >= 0.3 is 0 Å². The van der Waals surface area contributed by atoms with E-state index in [9.17, 15) is 4.79 Å². The first-order chi connectivity index (χ1) is 13.2. The average molecular weight is 362 g/mol. The number of hydrogen-bond acceptors (Lipinski definition) is 2. The van der Waals surface area contributed by atoms with Crippen LogP contribution in [0.4, 0.5) is 0 Å². The van der Waals surface area contributed by atoms with Crippen molar-refractivity contribution in [3.8, 4) is 5.75 Å². The number of likely N-dealkylation sites (tertiary alicyclic amines) is 1. The topological polar surface area (TPSA) is 45.3 Å². The number of carbonyl (C=O) groups is 1. The molecule has 0 bridgehead atoms. The second-order valence-electron chi connectivity index (χ2n) is 7.27. The van der Waals surface area contributed by atoms with Crippen molar-refractivity contribution in [3.05, 3.63) is 65.9 Å². The van der Waals surface area contributed by atoms with Crippen molar-refractivity contribution in [1.29, 1.82) is 0 Å². The van der Waals surface area contributed by atoms with Crippen LogP contribution in [0.5, 0.6) is 5.75 Å². The van der Waals surface area contributed by atoms with E-state index < -0.39 is 0 Å². The van der Waals surface area contributed by atoms with Gasteiger partial charge in [0.2, 0.25) is 5.91 Å². The standard InChI is InChI=1S/C23H26N2O2/c1-17(25-14-7-3-6-13-22(25)26)19-15-24-20-11-8-12-21(23(19)20)27-16-18-9-4-2-5-10-18/h2,4-5,8-12,15,17,24H,3,6-7,13-14,16H2,1H3. The van der Waals surface area contributed by atoms with Crippen molar-refractivity contribution < 1.29 is 9.53 Å². The molecule has 0 radical (unpaired) electrons. The highest BCUT2D eigenvalue weighted by Crippen LogP contribution is 2.35. The van der Waals surface area contributed by atoms with E-state index in [1.54, 1.807) is 0 Å². The zero-order chi connectivity index (χ0) is 18.6. The average Bonchev–Trinajstić information content (AvgIpc) is 3.02. The van der Waals surface area contributed by atoms with Gasteiger partial charge in [-0.05, 0) is 37.5 Å². The Hall–Kier alpha value is -2.75. The lowest BCUT2D eigenvalue weighted by Gasteiger charge is -2.28. The van der Waals surface area contributed by atoms with Crippen LogP contribution in [0.25, 0.3) is 10.9 Å². The normalized spacial score (nSPS) is 16.3. The smallest absolute Gasteiger partial charge is 0.223 e. The first-order valence-corrected chi connectivity index (χ1v) is 9.80. The molecule has 1 aliphatic rings. The molecule has 1 N–H and O–H groups in total. The zero-order valence-electron chi connectivity index (χ0n) is 15.8. The van der Waals surface area contributed by atoms with E-state index >= 15 is 0 Å². The van der Waals surface area contributed by atoms with Crippen LogP contribution >= 0.6 is 0 Å². The van der Waals surface area contributed by atoms with Crippen molar-refractivity contribution in [2.45, 2.75) is 45.3 Å². The van der Waals surface area contributed by atoms with Crippen LogP contribution in [-0.2, 0) is 11.4 Å². The molecule has 0 aliphatic carbocycles. The quantitative estimate of drug-likeness (QED) is 0.677. The third-order valence-corrected chi connectivity index (χ3v) is 5.46. The fourth-order valence-electron chi connectivity index (χ4n) is 3.94. The molecule has 1 fully saturated rings. The van der Waals surface area contributed by atoms with Crippen molar-refractivity contribution >= 4 is 16.8 Å². The number of fused-ring (bicyclic) bond motifs is 1. The molecular weight excluding hydrogens is 336 g/mol. The van der Waals surface area contributed by atoms with E-state index in [2.05, 4.69) is 30.1 Å². The SMILES string of the molecule is CC(c1c[nH]c2cccc(OCc3ccccc3)c12)N1CCCCCC1=O. The van der Waals surface area contributed by atoms with Gasteiger partial charge in [0.15, 0.2) is 0 Å². The molecule has 1 atom stereocenters. The van der Waals surface area contributed by atoms with Crippen molar-refractivity contribution in [1.82, 2.24) is 9.88 Å². The van der Waals surface area contributed by atoms with Crippen LogP contribution in [0, 0.1) is 0 Å². The number of aromatic nitrogens is 1. The summed E-state index contributed by atoms with van der Waals surface area (Å²) in [5, 5.41) is 1.08. The number of ether oxygens (including phenoxy) is 1. The van der Waals surface area contributed by atoms with Gasteiger partial charge in [0.25, 0.3) is 0 Å². The Kier molecular flexibility index (Phi) is 5.14. The summed E-state index contributed by atoms with van der Waals surface area (Å²) in [5.41, 5.74) is 3.32. The van der Waals surface area contributed by atoms with Gasteiger partial charge < -0.3 is 14.6 Å². The van der Waals surface area contributed by atoms with E-state index in [0.717, 1.165) is 53.6 Å². The molecule has 140 valence electrons. The number of rotatable bonds is 5. The van der Waals surface area contributed by atoms with Crippen LogP contribution in [0.2, 0.25) is 0 Å². The van der Waals surface area contributed by atoms with Gasteiger partial charge in [0.1, 0.15) is 12.4 Å². The highest BCUT2D eigenvalue weighted by Gasteiger charge is 2.25. The Morgan fingerprint density at radius 1 is 1.07 bits per heavy atom. The van der Waals surface area contributed by atoms with E-state index in [-0.39, 0.29) is 11.9 Å². The van der Waals surface area contributed by atoms with Crippen molar-refractivity contribution in [2.75, 3.05) is 6.54 Å². The van der Waals surface area contributed by atoms with Crippen LogP contribution < -0.4 is 4.74 Å². The molecule has 1 amide bonds. The number of amides is 1. The fraction of sp³-hybridized carbons (Fsp3) is 0.348. The monoisotopic (exact) mass is 362 g/mol. The molecule has 0 spiro atoms. The lowest BCUT2D eigenvalue weighted by Crippen LogP contribution is -2.32. The molecule has 4 rings (SSSR count). The molecule has 1 saturated heterocycles. The lowest BCUT2D eigenvalue weighted by molar-refractivity contribution is -0.132. The molecule has 3 aromatic rings. The van der Waals surface area contributed by atoms with E-state index in [1.165, 1.54) is 0 Å². The van der Waals surface area contributed by atoms with Gasteiger partial charge in [-0.1, -0.05) is 42.8 Å². The number of hydrogen-bond donors (Lipinski definition) is 1. The Bertz CT molecular complexity index is 917. The number of nitrogens with zero attached hydrogens (tertiary/aromatic N) is 1. The number of H-pyrrole nitrogens is 1. The molecule has 1 aliphatic heterocycles. The molecule has 2 heterocycles. The minimum absolute atomic E-state index is 0.0332. The number of carbonyl (C=O) groups excluding carboxylic acids is 1. The highest BCUT2D eigenvalue weighted by atomic mass is 16.5. The van der Waals surface area contributed by atoms with Gasteiger partial charge in [-0.25, -0.2) is 0 Å². The molecular formula is C23H26N2O2. The first kappa shape index (κ1) is 17.7. The van der Waals surface area contributed by atoms with E-state index in [1.807, 2.05) is 41.4 Å². The van der Waals surface area contributed by atoms with E-state index in [0.29, 0.717) is 13.0 Å².